The van der Waals surface area contributed by atoms with E-state index >= 15 is 0 Å². The van der Waals surface area contributed by atoms with Crippen molar-refractivity contribution in [3.05, 3.63) is 48.7 Å². The number of carbonyl (C=O) groups excluding carboxylic acids is 1. The fraction of sp³-hybridized carbons (Fsp3) is 0.250. The number of aromatic nitrogens is 1. The van der Waals surface area contributed by atoms with E-state index in [2.05, 4.69) is 17.1 Å². The van der Waals surface area contributed by atoms with Crippen molar-refractivity contribution in [2.45, 2.75) is 13.3 Å². The maximum absolute atomic E-state index is 11.9. The number of anilines is 1. The molecule has 3 heteroatoms. The van der Waals surface area contributed by atoms with Gasteiger partial charge in [0.25, 0.3) is 0 Å². The summed E-state index contributed by atoms with van der Waals surface area (Å²) < 4.78 is 0. The zero-order valence-corrected chi connectivity index (χ0v) is 10.9. The van der Waals surface area contributed by atoms with Crippen LogP contribution in [0.2, 0.25) is 0 Å². The van der Waals surface area contributed by atoms with E-state index in [1.54, 1.807) is 4.90 Å². The summed E-state index contributed by atoms with van der Waals surface area (Å²) >= 11 is 0. The van der Waals surface area contributed by atoms with Crippen molar-refractivity contribution in [3.63, 3.8) is 0 Å². The van der Waals surface area contributed by atoms with Gasteiger partial charge < -0.3 is 0 Å². The third-order valence-electron chi connectivity index (χ3n) is 3.60. The zero-order valence-electron chi connectivity index (χ0n) is 10.9. The third-order valence-corrected chi connectivity index (χ3v) is 3.60. The van der Waals surface area contributed by atoms with E-state index in [-0.39, 0.29) is 11.8 Å². The molecule has 3 nitrogen and oxygen atoms in total. The molecule has 1 aliphatic heterocycles. The Morgan fingerprint density at radius 2 is 1.89 bits per heavy atom. The van der Waals surface area contributed by atoms with Crippen LogP contribution in [0.1, 0.15) is 13.3 Å². The fourth-order valence-electron chi connectivity index (χ4n) is 2.40. The Balaban J connectivity index is 1.86. The van der Waals surface area contributed by atoms with Crippen molar-refractivity contribution in [1.82, 2.24) is 4.98 Å². The lowest BCUT2D eigenvalue weighted by Gasteiger charge is -2.15. The number of rotatable bonds is 2. The van der Waals surface area contributed by atoms with Gasteiger partial charge in [-0.15, -0.1) is 0 Å². The Labute approximate surface area is 112 Å². The van der Waals surface area contributed by atoms with Crippen LogP contribution in [0.15, 0.2) is 48.7 Å². The van der Waals surface area contributed by atoms with E-state index < -0.39 is 0 Å². The number of hydrogen-bond acceptors (Lipinski definition) is 2. The van der Waals surface area contributed by atoms with Gasteiger partial charge in [-0.3, -0.25) is 9.69 Å². The smallest absolute Gasteiger partial charge is 0.231 e. The van der Waals surface area contributed by atoms with E-state index in [0.29, 0.717) is 0 Å². The molecule has 0 N–H and O–H groups in total. The molecule has 96 valence electrons. The standard InChI is InChI=1S/C16H16N2O/c1-12-9-10-18(16(12)19)15-8-7-14(11-17-15)13-5-3-2-4-6-13/h2-8,11-12H,9-10H2,1H3. The quantitative estimate of drug-likeness (QED) is 0.822. The first-order chi connectivity index (χ1) is 9.25. The highest BCUT2D eigenvalue weighted by atomic mass is 16.2. The molecule has 19 heavy (non-hydrogen) atoms. The number of nitrogens with zero attached hydrogens (tertiary/aromatic N) is 2. The second-order valence-corrected chi connectivity index (χ2v) is 4.95. The van der Waals surface area contributed by atoms with Crippen LogP contribution < -0.4 is 4.90 Å². The van der Waals surface area contributed by atoms with Crippen molar-refractivity contribution in [3.8, 4) is 11.1 Å². The van der Waals surface area contributed by atoms with Gasteiger partial charge in [-0.2, -0.15) is 0 Å². The minimum Gasteiger partial charge on any atom is -0.297 e. The van der Waals surface area contributed by atoms with Crippen LogP contribution in [0.3, 0.4) is 0 Å². The topological polar surface area (TPSA) is 33.2 Å². The molecule has 1 aromatic carbocycles. The van der Waals surface area contributed by atoms with Gasteiger partial charge in [0.1, 0.15) is 5.82 Å². The van der Waals surface area contributed by atoms with E-state index in [4.69, 9.17) is 0 Å². The molecule has 1 saturated heterocycles. The first kappa shape index (κ1) is 11.9. The Hall–Kier alpha value is -2.16. The first-order valence-electron chi connectivity index (χ1n) is 6.58. The summed E-state index contributed by atoms with van der Waals surface area (Å²) in [6, 6.07) is 14.1. The molecule has 1 aromatic heterocycles. The molecule has 0 radical (unpaired) electrons. The molecule has 0 saturated carbocycles. The predicted molar refractivity (Wildman–Crippen MR) is 75.8 cm³/mol. The molecular formula is C16H16N2O. The molecule has 2 aromatic rings. The molecule has 2 heterocycles. The fourth-order valence-corrected chi connectivity index (χ4v) is 2.40. The molecule has 0 aliphatic carbocycles. The SMILES string of the molecule is CC1CCN(c2ccc(-c3ccccc3)cn2)C1=O. The number of hydrogen-bond donors (Lipinski definition) is 0. The van der Waals surface area contributed by atoms with Gasteiger partial charge >= 0.3 is 0 Å². The lowest BCUT2D eigenvalue weighted by atomic mass is 10.1. The molecule has 1 amide bonds. The summed E-state index contributed by atoms with van der Waals surface area (Å²) in [6.07, 6.45) is 2.75. The van der Waals surface area contributed by atoms with E-state index in [1.807, 2.05) is 43.5 Å². The largest absolute Gasteiger partial charge is 0.297 e. The van der Waals surface area contributed by atoms with Gasteiger partial charge in [0.15, 0.2) is 0 Å². The van der Waals surface area contributed by atoms with Crippen molar-refractivity contribution in [2.75, 3.05) is 11.4 Å². The third kappa shape index (κ3) is 2.24. The minimum absolute atomic E-state index is 0.121. The molecule has 3 rings (SSSR count). The average molecular weight is 252 g/mol. The summed E-state index contributed by atoms with van der Waals surface area (Å²) in [6.45, 7) is 2.75. The zero-order chi connectivity index (χ0) is 13.2. The van der Waals surface area contributed by atoms with Gasteiger partial charge in [-0.1, -0.05) is 37.3 Å². The number of benzene rings is 1. The normalized spacial score (nSPS) is 18.9. The van der Waals surface area contributed by atoms with E-state index in [1.165, 1.54) is 0 Å². The summed E-state index contributed by atoms with van der Waals surface area (Å²) in [7, 11) is 0. The molecule has 1 aliphatic rings. The lowest BCUT2D eigenvalue weighted by molar-refractivity contribution is -0.119. The maximum atomic E-state index is 11.9. The minimum atomic E-state index is 0.121. The Bertz CT molecular complexity index is 577. The van der Waals surface area contributed by atoms with Crippen LogP contribution in [-0.4, -0.2) is 17.4 Å². The molecule has 1 fully saturated rings. The summed E-state index contributed by atoms with van der Waals surface area (Å²) in [5.41, 5.74) is 2.21. The van der Waals surface area contributed by atoms with Crippen molar-refractivity contribution in [2.24, 2.45) is 5.92 Å². The van der Waals surface area contributed by atoms with Crippen LogP contribution in [0.4, 0.5) is 5.82 Å². The first-order valence-corrected chi connectivity index (χ1v) is 6.58. The maximum Gasteiger partial charge on any atom is 0.231 e. The summed E-state index contributed by atoms with van der Waals surface area (Å²) in [4.78, 5) is 18.2. The number of pyridine rings is 1. The molecular weight excluding hydrogens is 236 g/mol. The van der Waals surface area contributed by atoms with Crippen molar-refractivity contribution in [1.29, 1.82) is 0 Å². The van der Waals surface area contributed by atoms with E-state index in [9.17, 15) is 4.79 Å². The van der Waals surface area contributed by atoms with Crippen molar-refractivity contribution >= 4 is 11.7 Å². The molecule has 0 bridgehead atoms. The second-order valence-electron chi connectivity index (χ2n) is 4.95. The highest BCUT2D eigenvalue weighted by Gasteiger charge is 2.29. The molecule has 0 spiro atoms. The van der Waals surface area contributed by atoms with Crippen LogP contribution in [0.5, 0.6) is 0 Å². The van der Waals surface area contributed by atoms with Gasteiger partial charge in [0.05, 0.1) is 0 Å². The van der Waals surface area contributed by atoms with Crippen LogP contribution in [-0.2, 0) is 4.79 Å². The Morgan fingerprint density at radius 1 is 1.11 bits per heavy atom. The highest BCUT2D eigenvalue weighted by Crippen LogP contribution is 2.25. The highest BCUT2D eigenvalue weighted by molar-refractivity contribution is 5.96. The van der Waals surface area contributed by atoms with Gasteiger partial charge in [0, 0.05) is 24.2 Å². The number of amides is 1. The molecule has 1 atom stereocenters. The monoisotopic (exact) mass is 252 g/mol. The van der Waals surface area contributed by atoms with Crippen molar-refractivity contribution < 1.29 is 4.79 Å². The van der Waals surface area contributed by atoms with Crippen LogP contribution in [0.25, 0.3) is 11.1 Å². The van der Waals surface area contributed by atoms with Crippen LogP contribution >= 0.6 is 0 Å². The lowest BCUT2D eigenvalue weighted by Crippen LogP contribution is -2.26. The molecule has 1 unspecified atom stereocenters. The van der Waals surface area contributed by atoms with Crippen LogP contribution in [0, 0.1) is 5.92 Å². The van der Waals surface area contributed by atoms with Gasteiger partial charge in [-0.05, 0) is 24.1 Å². The summed E-state index contributed by atoms with van der Waals surface area (Å²) in [5.74, 6) is 1.06. The Kier molecular flexibility index (Phi) is 3.03. The summed E-state index contributed by atoms with van der Waals surface area (Å²) in [5, 5.41) is 0. The van der Waals surface area contributed by atoms with Gasteiger partial charge in [-0.25, -0.2) is 4.98 Å². The van der Waals surface area contributed by atoms with E-state index in [0.717, 1.165) is 29.9 Å². The number of carbonyl (C=O) groups is 1. The second kappa shape index (κ2) is 4.84. The van der Waals surface area contributed by atoms with Gasteiger partial charge in [0.2, 0.25) is 5.91 Å². The Morgan fingerprint density at radius 3 is 2.47 bits per heavy atom. The average Bonchev–Trinajstić information content (AvgIpc) is 2.80. The predicted octanol–water partition coefficient (Wildman–Crippen LogP) is 3.12.